The molecule has 0 amide bonds. The van der Waals surface area contributed by atoms with E-state index in [1.165, 1.54) is 29.5 Å². The average Bonchev–Trinajstić information content (AvgIpc) is 2.92. The van der Waals surface area contributed by atoms with Crippen molar-refractivity contribution in [1.82, 2.24) is 0 Å². The number of aryl methyl sites for hydroxylation is 2. The second-order valence-electron chi connectivity index (χ2n) is 11.4. The topological polar surface area (TPSA) is 74.6 Å². The summed E-state index contributed by atoms with van der Waals surface area (Å²) in [5, 5.41) is 18.9. The molecule has 0 aliphatic rings. The molecular formula is C37H52O4. The second kappa shape index (κ2) is 19.1. The number of hydrogen-bond donors (Lipinski definition) is 2. The molecule has 0 radical (unpaired) electrons. The Labute approximate surface area is 248 Å². The summed E-state index contributed by atoms with van der Waals surface area (Å²) in [6.45, 7) is 8.79. The zero-order valence-electron chi connectivity index (χ0n) is 25.9. The number of aliphatic carboxylic acids is 2. The standard InChI is InChI=1S/C37H52O4/c1-5-9-12-15-28-20-30(18-19-36(38)39)23-31(21-28)25-33(14-8-4)35(17-11-7-3)34-24-29(16-13-10-6-2)22-32(26-34)27-37(40)41/h13,16-17,20-24,26,33H,5-12,14-15,18-19,25,27H2,1-4H3,(H,38,39)(H,40,41)/b16-13+,35-17+. The molecule has 2 N–H and O–H groups in total. The molecule has 2 rings (SSSR count). The number of carboxylic acids is 2. The van der Waals surface area contributed by atoms with Crippen LogP contribution in [0.3, 0.4) is 0 Å². The van der Waals surface area contributed by atoms with Crippen molar-refractivity contribution in [3.05, 3.63) is 81.9 Å². The van der Waals surface area contributed by atoms with Gasteiger partial charge in [-0.3, -0.25) is 9.59 Å². The van der Waals surface area contributed by atoms with E-state index in [1.807, 2.05) is 6.07 Å². The predicted molar refractivity (Wildman–Crippen MR) is 172 cm³/mol. The van der Waals surface area contributed by atoms with Gasteiger partial charge in [0.1, 0.15) is 0 Å². The van der Waals surface area contributed by atoms with Crippen molar-refractivity contribution >= 4 is 23.6 Å². The van der Waals surface area contributed by atoms with Crippen molar-refractivity contribution in [2.75, 3.05) is 0 Å². The molecule has 0 aliphatic carbocycles. The fraction of sp³-hybridized carbons (Fsp3) is 0.514. The first-order chi connectivity index (χ1) is 19.8. The lowest BCUT2D eigenvalue weighted by molar-refractivity contribution is -0.137. The van der Waals surface area contributed by atoms with Crippen molar-refractivity contribution < 1.29 is 19.8 Å². The van der Waals surface area contributed by atoms with Crippen LogP contribution in [0.2, 0.25) is 0 Å². The molecule has 41 heavy (non-hydrogen) atoms. The Bertz CT molecular complexity index is 1160. The summed E-state index contributed by atoms with van der Waals surface area (Å²) in [4.78, 5) is 23.0. The van der Waals surface area contributed by atoms with E-state index in [-0.39, 0.29) is 18.8 Å². The van der Waals surface area contributed by atoms with Crippen LogP contribution < -0.4 is 0 Å². The van der Waals surface area contributed by atoms with Gasteiger partial charge >= 0.3 is 11.9 Å². The molecule has 2 aromatic rings. The van der Waals surface area contributed by atoms with Gasteiger partial charge in [0, 0.05) is 6.42 Å². The van der Waals surface area contributed by atoms with E-state index in [1.54, 1.807) is 0 Å². The summed E-state index contributed by atoms with van der Waals surface area (Å²) >= 11 is 0. The number of carboxylic acid groups (broad SMARTS) is 2. The highest BCUT2D eigenvalue weighted by Crippen LogP contribution is 2.33. The quantitative estimate of drug-likeness (QED) is 0.158. The van der Waals surface area contributed by atoms with Crippen molar-refractivity contribution in [1.29, 1.82) is 0 Å². The van der Waals surface area contributed by atoms with Gasteiger partial charge in [0.25, 0.3) is 0 Å². The highest BCUT2D eigenvalue weighted by Gasteiger charge is 2.19. The molecular weight excluding hydrogens is 508 g/mol. The normalized spacial score (nSPS) is 12.6. The van der Waals surface area contributed by atoms with E-state index >= 15 is 0 Å². The maximum atomic E-state index is 11.7. The number of hydrogen-bond acceptors (Lipinski definition) is 2. The van der Waals surface area contributed by atoms with Crippen LogP contribution in [-0.2, 0) is 35.3 Å². The molecule has 0 fully saturated rings. The maximum Gasteiger partial charge on any atom is 0.307 e. The summed E-state index contributed by atoms with van der Waals surface area (Å²) in [7, 11) is 0. The van der Waals surface area contributed by atoms with Crippen LogP contribution in [0.15, 0.2) is 48.6 Å². The van der Waals surface area contributed by atoms with Crippen molar-refractivity contribution in [3.63, 3.8) is 0 Å². The molecule has 4 heteroatoms. The van der Waals surface area contributed by atoms with E-state index in [4.69, 9.17) is 0 Å². The Morgan fingerprint density at radius 3 is 2.07 bits per heavy atom. The van der Waals surface area contributed by atoms with E-state index < -0.39 is 11.9 Å². The lowest BCUT2D eigenvalue weighted by Crippen LogP contribution is -2.10. The van der Waals surface area contributed by atoms with Crippen LogP contribution >= 0.6 is 0 Å². The first kappa shape index (κ1) is 34.1. The predicted octanol–water partition coefficient (Wildman–Crippen LogP) is 9.72. The van der Waals surface area contributed by atoms with E-state index in [0.29, 0.717) is 6.42 Å². The third-order valence-electron chi connectivity index (χ3n) is 7.49. The van der Waals surface area contributed by atoms with Gasteiger partial charge in [-0.1, -0.05) is 108 Å². The number of allylic oxidation sites excluding steroid dienone is 3. The number of unbranched alkanes of at least 4 members (excludes halogenated alkanes) is 4. The molecule has 1 atom stereocenters. The zero-order valence-corrected chi connectivity index (χ0v) is 25.9. The van der Waals surface area contributed by atoms with Crippen LogP contribution in [0.25, 0.3) is 11.6 Å². The van der Waals surface area contributed by atoms with Crippen molar-refractivity contribution in [2.45, 2.75) is 118 Å². The maximum absolute atomic E-state index is 11.7. The number of benzene rings is 2. The molecule has 0 aromatic heterocycles. The first-order valence-electron chi connectivity index (χ1n) is 15.9. The molecule has 4 nitrogen and oxygen atoms in total. The molecule has 1 unspecified atom stereocenters. The molecule has 0 bridgehead atoms. The van der Waals surface area contributed by atoms with Gasteiger partial charge in [0.05, 0.1) is 6.42 Å². The minimum atomic E-state index is -0.816. The highest BCUT2D eigenvalue weighted by molar-refractivity contribution is 5.75. The minimum absolute atomic E-state index is 0.00863. The van der Waals surface area contributed by atoms with Gasteiger partial charge in [-0.05, 0) is 95.9 Å². The molecule has 224 valence electrons. The van der Waals surface area contributed by atoms with Gasteiger partial charge in [-0.25, -0.2) is 0 Å². The Morgan fingerprint density at radius 1 is 0.732 bits per heavy atom. The zero-order chi connectivity index (χ0) is 30.0. The van der Waals surface area contributed by atoms with Gasteiger partial charge < -0.3 is 10.2 Å². The largest absolute Gasteiger partial charge is 0.481 e. The fourth-order valence-electron chi connectivity index (χ4n) is 5.54. The van der Waals surface area contributed by atoms with E-state index in [2.05, 4.69) is 76.3 Å². The monoisotopic (exact) mass is 560 g/mol. The average molecular weight is 561 g/mol. The molecule has 0 saturated carbocycles. The second-order valence-corrected chi connectivity index (χ2v) is 11.4. The third-order valence-corrected chi connectivity index (χ3v) is 7.49. The summed E-state index contributed by atoms with van der Waals surface area (Å²) < 4.78 is 0. The molecule has 2 aromatic carbocycles. The molecule has 0 saturated heterocycles. The van der Waals surface area contributed by atoms with Gasteiger partial charge in [-0.2, -0.15) is 0 Å². The highest BCUT2D eigenvalue weighted by atomic mass is 16.4. The lowest BCUT2D eigenvalue weighted by atomic mass is 9.82. The Kier molecular flexibility index (Phi) is 15.8. The Hall–Kier alpha value is -3.14. The summed E-state index contributed by atoms with van der Waals surface area (Å²) in [5.74, 6) is -1.29. The van der Waals surface area contributed by atoms with Crippen LogP contribution in [0.4, 0.5) is 0 Å². The summed E-state index contributed by atoms with van der Waals surface area (Å²) in [5.41, 5.74) is 7.99. The third kappa shape index (κ3) is 12.9. The van der Waals surface area contributed by atoms with Crippen LogP contribution in [0.1, 0.15) is 125 Å². The summed E-state index contributed by atoms with van der Waals surface area (Å²) in [6, 6.07) is 13.1. The van der Waals surface area contributed by atoms with Crippen LogP contribution in [0, 0.1) is 5.92 Å². The van der Waals surface area contributed by atoms with Gasteiger partial charge in [0.2, 0.25) is 0 Å². The first-order valence-corrected chi connectivity index (χ1v) is 15.9. The lowest BCUT2D eigenvalue weighted by Gasteiger charge is -2.23. The van der Waals surface area contributed by atoms with Gasteiger partial charge in [0.15, 0.2) is 0 Å². The van der Waals surface area contributed by atoms with E-state index in [9.17, 15) is 19.8 Å². The Morgan fingerprint density at radius 2 is 1.44 bits per heavy atom. The Balaban J connectivity index is 2.55. The fourth-order valence-corrected chi connectivity index (χ4v) is 5.54. The van der Waals surface area contributed by atoms with Crippen molar-refractivity contribution in [2.24, 2.45) is 5.92 Å². The SMILES string of the molecule is CCC/C=C/c1cc(CC(=O)O)cc(/C(=C/CCC)C(CCC)Cc2cc(CCCCC)cc(CCC(=O)O)c2)c1. The molecule has 0 heterocycles. The summed E-state index contributed by atoms with van der Waals surface area (Å²) in [6.07, 6.45) is 18.9. The molecule has 0 aliphatic heterocycles. The van der Waals surface area contributed by atoms with E-state index in [0.717, 1.165) is 80.0 Å². The minimum Gasteiger partial charge on any atom is -0.481 e. The smallest absolute Gasteiger partial charge is 0.307 e. The molecule has 0 spiro atoms. The number of carbonyl (C=O) groups is 2. The number of rotatable bonds is 20. The van der Waals surface area contributed by atoms with Crippen LogP contribution in [-0.4, -0.2) is 22.2 Å². The van der Waals surface area contributed by atoms with Crippen LogP contribution in [0.5, 0.6) is 0 Å². The van der Waals surface area contributed by atoms with Gasteiger partial charge in [-0.15, -0.1) is 0 Å². The van der Waals surface area contributed by atoms with Crippen molar-refractivity contribution in [3.8, 4) is 0 Å².